The second kappa shape index (κ2) is 7.05. The fourth-order valence-corrected chi connectivity index (χ4v) is 2.32. The predicted octanol–water partition coefficient (Wildman–Crippen LogP) is 3.90. The van der Waals surface area contributed by atoms with Gasteiger partial charge in [0.15, 0.2) is 0 Å². The van der Waals surface area contributed by atoms with Gasteiger partial charge in [0, 0.05) is 23.7 Å². The molecule has 90 valence electrons. The Balaban J connectivity index is 2.69. The van der Waals surface area contributed by atoms with Gasteiger partial charge in [-0.3, -0.25) is 0 Å². The summed E-state index contributed by atoms with van der Waals surface area (Å²) in [6.45, 7) is 2.84. The molecule has 0 fully saturated rings. The standard InChI is InChI=1S/C12H18ClNOS/c1-4-9(8-15-2)14-10-5-6-12(16-3)11(13)7-10/h5-7,9,14H,4,8H2,1-3H3. The van der Waals surface area contributed by atoms with E-state index in [1.54, 1.807) is 18.9 Å². The van der Waals surface area contributed by atoms with E-state index in [0.717, 1.165) is 22.0 Å². The van der Waals surface area contributed by atoms with Crippen molar-refractivity contribution in [1.29, 1.82) is 0 Å². The third-order valence-corrected chi connectivity index (χ3v) is 3.60. The molecular weight excluding hydrogens is 242 g/mol. The number of methoxy groups -OCH3 is 1. The van der Waals surface area contributed by atoms with Gasteiger partial charge < -0.3 is 10.1 Å². The van der Waals surface area contributed by atoms with Crippen LogP contribution < -0.4 is 5.32 Å². The molecule has 1 aromatic carbocycles. The Morgan fingerprint density at radius 1 is 1.50 bits per heavy atom. The zero-order chi connectivity index (χ0) is 12.0. The first-order valence-corrected chi connectivity index (χ1v) is 6.90. The van der Waals surface area contributed by atoms with Gasteiger partial charge in [-0.25, -0.2) is 0 Å². The minimum atomic E-state index is 0.334. The zero-order valence-corrected chi connectivity index (χ0v) is 11.5. The number of nitrogens with one attached hydrogen (secondary N) is 1. The summed E-state index contributed by atoms with van der Waals surface area (Å²) in [5.74, 6) is 0. The molecule has 1 rings (SSSR count). The lowest BCUT2D eigenvalue weighted by molar-refractivity contribution is 0.184. The van der Waals surface area contributed by atoms with E-state index >= 15 is 0 Å². The fourth-order valence-electron chi connectivity index (χ4n) is 1.45. The number of thioether (sulfide) groups is 1. The van der Waals surface area contributed by atoms with Gasteiger partial charge in [-0.1, -0.05) is 18.5 Å². The Kier molecular flexibility index (Phi) is 6.03. The van der Waals surface area contributed by atoms with E-state index in [1.165, 1.54) is 0 Å². The van der Waals surface area contributed by atoms with Crippen LogP contribution in [0.15, 0.2) is 23.1 Å². The summed E-state index contributed by atoms with van der Waals surface area (Å²) in [5, 5.41) is 4.20. The quantitative estimate of drug-likeness (QED) is 0.783. The average Bonchev–Trinajstić information content (AvgIpc) is 2.28. The number of hydrogen-bond acceptors (Lipinski definition) is 3. The van der Waals surface area contributed by atoms with Crippen LogP contribution in [-0.2, 0) is 4.74 Å². The van der Waals surface area contributed by atoms with E-state index in [1.807, 2.05) is 18.4 Å². The Labute approximate surface area is 107 Å². The van der Waals surface area contributed by atoms with Crippen molar-refractivity contribution in [1.82, 2.24) is 0 Å². The van der Waals surface area contributed by atoms with E-state index in [2.05, 4.69) is 18.3 Å². The van der Waals surface area contributed by atoms with Crippen molar-refractivity contribution in [3.63, 3.8) is 0 Å². The maximum absolute atomic E-state index is 6.14. The Morgan fingerprint density at radius 2 is 2.25 bits per heavy atom. The van der Waals surface area contributed by atoms with E-state index in [0.29, 0.717) is 12.6 Å². The number of benzene rings is 1. The van der Waals surface area contributed by atoms with Gasteiger partial charge >= 0.3 is 0 Å². The summed E-state index contributed by atoms with van der Waals surface area (Å²) in [5.41, 5.74) is 1.05. The lowest BCUT2D eigenvalue weighted by atomic mass is 10.2. The van der Waals surface area contributed by atoms with Gasteiger partial charge in [0.1, 0.15) is 0 Å². The second-order valence-electron chi connectivity index (χ2n) is 3.55. The maximum atomic E-state index is 6.14. The summed E-state index contributed by atoms with van der Waals surface area (Å²) >= 11 is 7.80. The largest absolute Gasteiger partial charge is 0.383 e. The fraction of sp³-hybridized carbons (Fsp3) is 0.500. The molecule has 0 aliphatic rings. The highest BCUT2D eigenvalue weighted by Gasteiger charge is 2.06. The van der Waals surface area contributed by atoms with Gasteiger partial charge in [0.25, 0.3) is 0 Å². The van der Waals surface area contributed by atoms with Crippen LogP contribution in [0.2, 0.25) is 5.02 Å². The van der Waals surface area contributed by atoms with Crippen molar-refractivity contribution in [2.75, 3.05) is 25.3 Å². The number of anilines is 1. The summed E-state index contributed by atoms with van der Waals surface area (Å²) in [6, 6.07) is 6.39. The monoisotopic (exact) mass is 259 g/mol. The molecule has 1 aromatic rings. The molecule has 4 heteroatoms. The zero-order valence-electron chi connectivity index (χ0n) is 9.92. The van der Waals surface area contributed by atoms with Crippen LogP contribution in [0.4, 0.5) is 5.69 Å². The molecule has 0 heterocycles. The summed E-state index contributed by atoms with van der Waals surface area (Å²) in [4.78, 5) is 1.10. The minimum Gasteiger partial charge on any atom is -0.383 e. The third-order valence-electron chi connectivity index (χ3n) is 2.38. The first kappa shape index (κ1) is 13.7. The molecule has 0 radical (unpaired) electrons. The Hall–Kier alpha value is -0.380. The van der Waals surface area contributed by atoms with Crippen LogP contribution >= 0.6 is 23.4 Å². The van der Waals surface area contributed by atoms with Gasteiger partial charge in [-0.15, -0.1) is 11.8 Å². The van der Waals surface area contributed by atoms with Crippen molar-refractivity contribution in [2.45, 2.75) is 24.3 Å². The Morgan fingerprint density at radius 3 is 2.75 bits per heavy atom. The highest BCUT2D eigenvalue weighted by Crippen LogP contribution is 2.28. The molecule has 1 unspecified atom stereocenters. The lowest BCUT2D eigenvalue weighted by Gasteiger charge is -2.17. The molecule has 1 atom stereocenters. The van der Waals surface area contributed by atoms with Gasteiger partial charge in [0.05, 0.1) is 11.6 Å². The van der Waals surface area contributed by atoms with Crippen LogP contribution in [-0.4, -0.2) is 26.0 Å². The number of ether oxygens (including phenoxy) is 1. The molecule has 0 aliphatic carbocycles. The molecule has 0 aromatic heterocycles. The van der Waals surface area contributed by atoms with Crippen molar-refractivity contribution >= 4 is 29.1 Å². The molecule has 16 heavy (non-hydrogen) atoms. The maximum Gasteiger partial charge on any atom is 0.0663 e. The third kappa shape index (κ3) is 3.89. The van der Waals surface area contributed by atoms with Crippen LogP contribution in [0.1, 0.15) is 13.3 Å². The summed E-state index contributed by atoms with van der Waals surface area (Å²) in [7, 11) is 1.72. The van der Waals surface area contributed by atoms with E-state index in [4.69, 9.17) is 16.3 Å². The van der Waals surface area contributed by atoms with Crippen LogP contribution in [0.5, 0.6) is 0 Å². The normalized spacial score (nSPS) is 12.5. The van der Waals surface area contributed by atoms with Gasteiger partial charge in [0.2, 0.25) is 0 Å². The molecule has 0 amide bonds. The first-order chi connectivity index (χ1) is 7.71. The Bertz CT molecular complexity index is 333. The van der Waals surface area contributed by atoms with Crippen LogP contribution in [0, 0.1) is 0 Å². The highest BCUT2D eigenvalue weighted by atomic mass is 35.5. The molecule has 0 bridgehead atoms. The average molecular weight is 260 g/mol. The van der Waals surface area contributed by atoms with Crippen molar-refractivity contribution < 1.29 is 4.74 Å². The van der Waals surface area contributed by atoms with E-state index < -0.39 is 0 Å². The minimum absolute atomic E-state index is 0.334. The van der Waals surface area contributed by atoms with Crippen molar-refractivity contribution in [3.8, 4) is 0 Å². The number of rotatable bonds is 6. The molecule has 0 saturated heterocycles. The van der Waals surface area contributed by atoms with Gasteiger partial charge in [-0.2, -0.15) is 0 Å². The topological polar surface area (TPSA) is 21.3 Å². The van der Waals surface area contributed by atoms with Crippen molar-refractivity contribution in [2.24, 2.45) is 0 Å². The van der Waals surface area contributed by atoms with Crippen molar-refractivity contribution in [3.05, 3.63) is 23.2 Å². The highest BCUT2D eigenvalue weighted by molar-refractivity contribution is 7.98. The van der Waals surface area contributed by atoms with Crippen LogP contribution in [0.25, 0.3) is 0 Å². The van der Waals surface area contributed by atoms with E-state index in [-0.39, 0.29) is 0 Å². The van der Waals surface area contributed by atoms with E-state index in [9.17, 15) is 0 Å². The molecule has 0 spiro atoms. The molecule has 0 saturated carbocycles. The predicted molar refractivity (Wildman–Crippen MR) is 72.8 cm³/mol. The molecular formula is C12H18ClNOS. The lowest BCUT2D eigenvalue weighted by Crippen LogP contribution is -2.23. The number of hydrogen-bond donors (Lipinski definition) is 1. The van der Waals surface area contributed by atoms with Gasteiger partial charge in [-0.05, 0) is 30.9 Å². The van der Waals surface area contributed by atoms with Crippen LogP contribution in [0.3, 0.4) is 0 Å². The molecule has 1 N–H and O–H groups in total. The molecule has 2 nitrogen and oxygen atoms in total. The SMILES string of the molecule is CCC(COC)Nc1ccc(SC)c(Cl)c1. The smallest absolute Gasteiger partial charge is 0.0663 e. The second-order valence-corrected chi connectivity index (χ2v) is 4.81. The molecule has 0 aliphatic heterocycles. The first-order valence-electron chi connectivity index (χ1n) is 5.30. The number of halogens is 1. The summed E-state index contributed by atoms with van der Waals surface area (Å²) < 4.78 is 5.14. The summed E-state index contributed by atoms with van der Waals surface area (Å²) in [6.07, 6.45) is 3.05.